The standard InChI is InChI=1S/C9H10BrNO2S/c10-7-3-1-6(2-4-7)9-8(11)5-14(9,12)13/h1-4,8-9H,5,11H2. The van der Waals surface area contributed by atoms with Crippen LogP contribution in [-0.4, -0.2) is 20.2 Å². The average Bonchev–Trinajstić information content (AvgIpc) is 2.07. The fourth-order valence-electron chi connectivity index (χ4n) is 1.71. The van der Waals surface area contributed by atoms with Crippen molar-refractivity contribution < 1.29 is 8.42 Å². The third-order valence-electron chi connectivity index (χ3n) is 2.40. The molecule has 0 aromatic heterocycles. The van der Waals surface area contributed by atoms with E-state index >= 15 is 0 Å². The number of halogens is 1. The molecule has 0 bridgehead atoms. The van der Waals surface area contributed by atoms with Crippen molar-refractivity contribution in [3.05, 3.63) is 34.3 Å². The first kappa shape index (κ1) is 10.1. The van der Waals surface area contributed by atoms with Gasteiger partial charge in [-0.2, -0.15) is 0 Å². The van der Waals surface area contributed by atoms with E-state index in [1.807, 2.05) is 12.1 Å². The Morgan fingerprint density at radius 1 is 1.29 bits per heavy atom. The summed E-state index contributed by atoms with van der Waals surface area (Å²) in [7, 11) is -2.98. The van der Waals surface area contributed by atoms with Crippen molar-refractivity contribution in [1.82, 2.24) is 0 Å². The van der Waals surface area contributed by atoms with Crippen molar-refractivity contribution in [2.45, 2.75) is 11.3 Å². The molecule has 2 atom stereocenters. The summed E-state index contributed by atoms with van der Waals surface area (Å²) in [5, 5.41) is -0.504. The van der Waals surface area contributed by atoms with Gasteiger partial charge in [0.25, 0.3) is 0 Å². The van der Waals surface area contributed by atoms with Crippen molar-refractivity contribution in [2.24, 2.45) is 5.73 Å². The Bertz CT molecular complexity index is 440. The minimum Gasteiger partial charge on any atom is -0.325 e. The van der Waals surface area contributed by atoms with Gasteiger partial charge >= 0.3 is 0 Å². The molecule has 1 saturated heterocycles. The molecule has 1 aromatic carbocycles. The number of rotatable bonds is 1. The Hall–Kier alpha value is -0.390. The van der Waals surface area contributed by atoms with E-state index in [2.05, 4.69) is 15.9 Å². The Balaban J connectivity index is 2.36. The normalized spacial score (nSPS) is 29.6. The van der Waals surface area contributed by atoms with Crippen LogP contribution in [0.2, 0.25) is 0 Å². The third-order valence-corrected chi connectivity index (χ3v) is 5.17. The van der Waals surface area contributed by atoms with Gasteiger partial charge in [0, 0.05) is 10.5 Å². The molecular formula is C9H10BrNO2S. The lowest BCUT2D eigenvalue weighted by atomic mass is 10.1. The van der Waals surface area contributed by atoms with Crippen molar-refractivity contribution >= 4 is 25.8 Å². The number of hydrogen-bond donors (Lipinski definition) is 1. The molecular weight excluding hydrogens is 266 g/mol. The van der Waals surface area contributed by atoms with E-state index in [0.29, 0.717) is 0 Å². The highest BCUT2D eigenvalue weighted by Gasteiger charge is 2.44. The van der Waals surface area contributed by atoms with Crippen LogP contribution in [0.25, 0.3) is 0 Å². The van der Waals surface area contributed by atoms with E-state index in [9.17, 15) is 8.42 Å². The van der Waals surface area contributed by atoms with Crippen LogP contribution in [0.3, 0.4) is 0 Å². The fourth-order valence-corrected chi connectivity index (χ4v) is 3.75. The lowest BCUT2D eigenvalue weighted by molar-refractivity contribution is 0.523. The highest BCUT2D eigenvalue weighted by molar-refractivity contribution is 9.10. The molecule has 2 N–H and O–H groups in total. The average molecular weight is 276 g/mol. The lowest BCUT2D eigenvalue weighted by Gasteiger charge is -2.33. The minimum atomic E-state index is -2.98. The summed E-state index contributed by atoms with van der Waals surface area (Å²) in [6, 6.07) is 7.00. The monoisotopic (exact) mass is 275 g/mol. The van der Waals surface area contributed by atoms with E-state index < -0.39 is 15.1 Å². The first-order chi connectivity index (χ1) is 6.50. The summed E-state index contributed by atoms with van der Waals surface area (Å²) in [5.41, 5.74) is 6.46. The second kappa shape index (κ2) is 3.32. The molecule has 0 spiro atoms. The van der Waals surface area contributed by atoms with Crippen LogP contribution in [0.15, 0.2) is 28.7 Å². The zero-order valence-corrected chi connectivity index (χ0v) is 9.75. The van der Waals surface area contributed by atoms with Crippen LogP contribution in [-0.2, 0) is 9.84 Å². The molecule has 3 nitrogen and oxygen atoms in total. The predicted molar refractivity (Wildman–Crippen MR) is 58.6 cm³/mol. The van der Waals surface area contributed by atoms with Crippen LogP contribution in [0, 0.1) is 0 Å². The molecule has 5 heteroatoms. The highest BCUT2D eigenvalue weighted by Crippen LogP contribution is 2.35. The van der Waals surface area contributed by atoms with Crippen LogP contribution < -0.4 is 5.73 Å². The van der Waals surface area contributed by atoms with E-state index in [4.69, 9.17) is 5.73 Å². The number of benzene rings is 1. The Kier molecular flexibility index (Phi) is 2.41. The van der Waals surface area contributed by atoms with E-state index in [0.717, 1.165) is 10.0 Å². The van der Waals surface area contributed by atoms with Crippen LogP contribution in [0.4, 0.5) is 0 Å². The second-order valence-electron chi connectivity index (χ2n) is 3.47. The molecule has 0 amide bonds. The van der Waals surface area contributed by atoms with Crippen LogP contribution in [0.5, 0.6) is 0 Å². The van der Waals surface area contributed by atoms with E-state index in [1.165, 1.54) is 0 Å². The Morgan fingerprint density at radius 3 is 2.29 bits per heavy atom. The number of nitrogens with two attached hydrogens (primary N) is 1. The van der Waals surface area contributed by atoms with E-state index in [-0.39, 0.29) is 11.8 Å². The summed E-state index contributed by atoms with van der Waals surface area (Å²) in [6.45, 7) is 0. The molecule has 76 valence electrons. The summed E-state index contributed by atoms with van der Waals surface area (Å²) in [6.07, 6.45) is 0. The zero-order valence-electron chi connectivity index (χ0n) is 7.35. The summed E-state index contributed by atoms with van der Waals surface area (Å²) in [5.74, 6) is 0.105. The van der Waals surface area contributed by atoms with Crippen LogP contribution >= 0.6 is 15.9 Å². The van der Waals surface area contributed by atoms with Gasteiger partial charge in [0.2, 0.25) is 0 Å². The van der Waals surface area contributed by atoms with Gasteiger partial charge in [-0.3, -0.25) is 0 Å². The molecule has 2 unspecified atom stereocenters. The van der Waals surface area contributed by atoms with Crippen molar-refractivity contribution in [3.8, 4) is 0 Å². The third kappa shape index (κ3) is 1.60. The molecule has 0 aliphatic carbocycles. The molecule has 1 aliphatic heterocycles. The van der Waals surface area contributed by atoms with E-state index in [1.54, 1.807) is 12.1 Å². The topological polar surface area (TPSA) is 60.2 Å². The second-order valence-corrected chi connectivity index (χ2v) is 6.55. The number of hydrogen-bond acceptors (Lipinski definition) is 3. The first-order valence-corrected chi connectivity index (χ1v) is 6.74. The summed E-state index contributed by atoms with van der Waals surface area (Å²) < 4.78 is 23.8. The largest absolute Gasteiger partial charge is 0.325 e. The Morgan fingerprint density at radius 2 is 1.86 bits per heavy atom. The molecule has 1 aromatic rings. The number of sulfone groups is 1. The zero-order chi connectivity index (χ0) is 10.3. The maximum atomic E-state index is 11.4. The van der Waals surface area contributed by atoms with Gasteiger partial charge in [-0.1, -0.05) is 28.1 Å². The predicted octanol–water partition coefficient (Wildman–Crippen LogP) is 1.25. The molecule has 14 heavy (non-hydrogen) atoms. The summed E-state index contributed by atoms with van der Waals surface area (Å²) in [4.78, 5) is 0. The van der Waals surface area contributed by atoms with Gasteiger partial charge in [-0.25, -0.2) is 8.42 Å². The SMILES string of the molecule is NC1CS(=O)(=O)C1c1ccc(Br)cc1. The van der Waals surface area contributed by atoms with Crippen LogP contribution in [0.1, 0.15) is 10.8 Å². The van der Waals surface area contributed by atoms with Crippen molar-refractivity contribution in [3.63, 3.8) is 0 Å². The first-order valence-electron chi connectivity index (χ1n) is 4.23. The molecule has 0 radical (unpaired) electrons. The fraction of sp³-hybridized carbons (Fsp3) is 0.333. The lowest BCUT2D eigenvalue weighted by Crippen LogP contribution is -2.50. The summed E-state index contributed by atoms with van der Waals surface area (Å²) >= 11 is 3.30. The van der Waals surface area contributed by atoms with Gasteiger partial charge in [-0.15, -0.1) is 0 Å². The van der Waals surface area contributed by atoms with Gasteiger partial charge in [0.1, 0.15) is 5.25 Å². The van der Waals surface area contributed by atoms with Gasteiger partial charge in [-0.05, 0) is 17.7 Å². The maximum absolute atomic E-state index is 11.4. The van der Waals surface area contributed by atoms with Crippen molar-refractivity contribution in [1.29, 1.82) is 0 Å². The molecule has 1 heterocycles. The smallest absolute Gasteiger partial charge is 0.160 e. The van der Waals surface area contributed by atoms with Crippen molar-refractivity contribution in [2.75, 3.05) is 5.75 Å². The minimum absolute atomic E-state index is 0.105. The molecule has 2 rings (SSSR count). The molecule has 1 aliphatic rings. The van der Waals surface area contributed by atoms with Gasteiger partial charge in [0.15, 0.2) is 9.84 Å². The quantitative estimate of drug-likeness (QED) is 0.839. The van der Waals surface area contributed by atoms with Gasteiger partial charge < -0.3 is 5.73 Å². The molecule has 0 saturated carbocycles. The maximum Gasteiger partial charge on any atom is 0.160 e. The van der Waals surface area contributed by atoms with Gasteiger partial charge in [0.05, 0.1) is 5.75 Å². The highest BCUT2D eigenvalue weighted by atomic mass is 79.9. The Labute approximate surface area is 91.4 Å². The molecule has 1 fully saturated rings.